The smallest absolute Gasteiger partial charge is 0.126 e. The van der Waals surface area contributed by atoms with Crippen LogP contribution in [-0.2, 0) is 6.42 Å². The summed E-state index contributed by atoms with van der Waals surface area (Å²) in [6, 6.07) is 9.00. The van der Waals surface area contributed by atoms with Crippen LogP contribution >= 0.6 is 0 Å². The quantitative estimate of drug-likeness (QED) is 0.900. The molecule has 2 aromatic rings. The molecule has 0 aliphatic rings. The monoisotopic (exact) mass is 248 g/mol. The van der Waals surface area contributed by atoms with E-state index in [0.717, 1.165) is 11.8 Å². The molecule has 0 saturated carbocycles. The third-order valence-electron chi connectivity index (χ3n) is 2.78. The van der Waals surface area contributed by atoms with Crippen molar-refractivity contribution in [2.24, 2.45) is 0 Å². The number of halogens is 2. The first-order valence-electron chi connectivity index (χ1n) is 5.72. The highest BCUT2D eigenvalue weighted by atomic mass is 19.1. The summed E-state index contributed by atoms with van der Waals surface area (Å²) in [6.45, 7) is 0. The van der Waals surface area contributed by atoms with Gasteiger partial charge in [-0.05, 0) is 36.9 Å². The normalized spacial score (nSPS) is 12.4. The van der Waals surface area contributed by atoms with E-state index in [4.69, 9.17) is 0 Å². The zero-order valence-corrected chi connectivity index (χ0v) is 10.0. The highest BCUT2D eigenvalue weighted by molar-refractivity contribution is 5.23. The lowest BCUT2D eigenvalue weighted by Gasteiger charge is -2.16. The largest absolute Gasteiger partial charge is 0.313 e. The number of benzene rings is 1. The molecule has 1 N–H and O–H groups in total. The molecular formula is C14H14F2N2. The first-order chi connectivity index (χ1) is 8.69. The van der Waals surface area contributed by atoms with E-state index in [1.54, 1.807) is 13.2 Å². The van der Waals surface area contributed by atoms with E-state index in [0.29, 0.717) is 12.0 Å². The van der Waals surface area contributed by atoms with Gasteiger partial charge in [0, 0.05) is 30.4 Å². The van der Waals surface area contributed by atoms with Crippen LogP contribution in [0.5, 0.6) is 0 Å². The van der Waals surface area contributed by atoms with E-state index in [1.807, 2.05) is 18.2 Å². The molecule has 0 aliphatic heterocycles. The van der Waals surface area contributed by atoms with Crippen LogP contribution in [0.15, 0.2) is 42.6 Å². The minimum atomic E-state index is -0.564. The Balaban J connectivity index is 2.23. The number of hydrogen-bond donors (Lipinski definition) is 1. The zero-order chi connectivity index (χ0) is 13.0. The predicted octanol–water partition coefficient (Wildman–Crippen LogP) is 2.86. The van der Waals surface area contributed by atoms with Crippen molar-refractivity contribution in [3.63, 3.8) is 0 Å². The van der Waals surface area contributed by atoms with Crippen LogP contribution in [0.2, 0.25) is 0 Å². The van der Waals surface area contributed by atoms with E-state index in [1.165, 1.54) is 12.1 Å². The molecule has 1 atom stereocenters. The molecule has 0 fully saturated rings. The summed E-state index contributed by atoms with van der Waals surface area (Å²) in [5.74, 6) is -1.13. The predicted molar refractivity (Wildman–Crippen MR) is 66.1 cm³/mol. The summed E-state index contributed by atoms with van der Waals surface area (Å²) in [5, 5.41) is 3.05. The molecule has 2 rings (SSSR count). The Kier molecular flexibility index (Phi) is 3.99. The lowest BCUT2D eigenvalue weighted by molar-refractivity contribution is 0.548. The first-order valence-corrected chi connectivity index (χ1v) is 5.72. The Morgan fingerprint density at radius 1 is 1.17 bits per heavy atom. The van der Waals surface area contributed by atoms with Gasteiger partial charge in [0.25, 0.3) is 0 Å². The van der Waals surface area contributed by atoms with Crippen molar-refractivity contribution in [3.05, 3.63) is 65.5 Å². The topological polar surface area (TPSA) is 24.9 Å². The molecule has 2 nitrogen and oxygen atoms in total. The summed E-state index contributed by atoms with van der Waals surface area (Å²) >= 11 is 0. The van der Waals surface area contributed by atoms with E-state index in [9.17, 15) is 8.78 Å². The van der Waals surface area contributed by atoms with Crippen molar-refractivity contribution in [1.82, 2.24) is 10.3 Å². The number of likely N-dealkylation sites (N-methyl/N-ethyl adjacent to an activating group) is 1. The SMILES string of the molecule is CNC(Cc1ccccn1)c1cc(F)cc(F)c1. The molecule has 1 unspecified atom stereocenters. The van der Waals surface area contributed by atoms with Gasteiger partial charge in [-0.3, -0.25) is 4.98 Å². The molecule has 0 aliphatic carbocycles. The van der Waals surface area contributed by atoms with Gasteiger partial charge in [0.05, 0.1) is 0 Å². The number of pyridine rings is 1. The molecule has 4 heteroatoms. The second-order valence-corrected chi connectivity index (χ2v) is 4.07. The van der Waals surface area contributed by atoms with Crippen molar-refractivity contribution in [2.45, 2.75) is 12.5 Å². The summed E-state index contributed by atoms with van der Waals surface area (Å²) in [5.41, 5.74) is 1.46. The molecule has 94 valence electrons. The minimum Gasteiger partial charge on any atom is -0.313 e. The van der Waals surface area contributed by atoms with Gasteiger partial charge in [-0.25, -0.2) is 8.78 Å². The third-order valence-corrected chi connectivity index (χ3v) is 2.78. The number of aromatic nitrogens is 1. The highest BCUT2D eigenvalue weighted by Crippen LogP contribution is 2.19. The van der Waals surface area contributed by atoms with Gasteiger partial charge in [0.1, 0.15) is 11.6 Å². The summed E-state index contributed by atoms with van der Waals surface area (Å²) in [7, 11) is 1.76. The number of nitrogens with one attached hydrogen (secondary N) is 1. The summed E-state index contributed by atoms with van der Waals surface area (Å²) in [6.07, 6.45) is 2.29. The molecule has 0 amide bonds. The van der Waals surface area contributed by atoms with Crippen LogP contribution in [0.3, 0.4) is 0 Å². The molecule has 0 bridgehead atoms. The van der Waals surface area contributed by atoms with E-state index >= 15 is 0 Å². The maximum absolute atomic E-state index is 13.2. The fourth-order valence-electron chi connectivity index (χ4n) is 1.89. The van der Waals surface area contributed by atoms with Crippen LogP contribution in [0, 0.1) is 11.6 Å². The minimum absolute atomic E-state index is 0.162. The van der Waals surface area contributed by atoms with Crippen LogP contribution in [-0.4, -0.2) is 12.0 Å². The van der Waals surface area contributed by atoms with E-state index in [-0.39, 0.29) is 6.04 Å². The maximum atomic E-state index is 13.2. The van der Waals surface area contributed by atoms with Gasteiger partial charge in [-0.15, -0.1) is 0 Å². The molecule has 0 radical (unpaired) electrons. The van der Waals surface area contributed by atoms with Crippen LogP contribution in [0.4, 0.5) is 8.78 Å². The molecule has 0 spiro atoms. The third kappa shape index (κ3) is 3.11. The molecule has 18 heavy (non-hydrogen) atoms. The lowest BCUT2D eigenvalue weighted by Crippen LogP contribution is -2.19. The Morgan fingerprint density at radius 2 is 1.89 bits per heavy atom. The number of nitrogens with zero attached hydrogens (tertiary/aromatic N) is 1. The molecular weight excluding hydrogens is 234 g/mol. The molecule has 1 aromatic carbocycles. The second-order valence-electron chi connectivity index (χ2n) is 4.07. The Bertz CT molecular complexity index is 494. The highest BCUT2D eigenvalue weighted by Gasteiger charge is 2.13. The zero-order valence-electron chi connectivity index (χ0n) is 10.0. The maximum Gasteiger partial charge on any atom is 0.126 e. The van der Waals surface area contributed by atoms with E-state index < -0.39 is 11.6 Å². The van der Waals surface area contributed by atoms with Gasteiger partial charge in [0.2, 0.25) is 0 Å². The number of hydrogen-bond acceptors (Lipinski definition) is 2. The van der Waals surface area contributed by atoms with Crippen LogP contribution < -0.4 is 5.32 Å². The second kappa shape index (κ2) is 5.69. The van der Waals surface area contributed by atoms with Gasteiger partial charge in [0.15, 0.2) is 0 Å². The Labute approximate surface area is 105 Å². The molecule has 1 heterocycles. The van der Waals surface area contributed by atoms with Crippen molar-refractivity contribution < 1.29 is 8.78 Å². The van der Waals surface area contributed by atoms with Crippen LogP contribution in [0.25, 0.3) is 0 Å². The van der Waals surface area contributed by atoms with Crippen molar-refractivity contribution >= 4 is 0 Å². The first kappa shape index (κ1) is 12.6. The Morgan fingerprint density at radius 3 is 2.44 bits per heavy atom. The van der Waals surface area contributed by atoms with E-state index in [2.05, 4.69) is 10.3 Å². The van der Waals surface area contributed by atoms with Crippen molar-refractivity contribution in [1.29, 1.82) is 0 Å². The van der Waals surface area contributed by atoms with Crippen molar-refractivity contribution in [3.8, 4) is 0 Å². The lowest BCUT2D eigenvalue weighted by atomic mass is 10.0. The fraction of sp³-hybridized carbons (Fsp3) is 0.214. The van der Waals surface area contributed by atoms with Crippen LogP contribution in [0.1, 0.15) is 17.3 Å². The summed E-state index contributed by atoms with van der Waals surface area (Å²) in [4.78, 5) is 4.21. The average molecular weight is 248 g/mol. The average Bonchev–Trinajstić information content (AvgIpc) is 2.36. The van der Waals surface area contributed by atoms with Gasteiger partial charge in [-0.1, -0.05) is 6.07 Å². The molecule has 0 saturated heterocycles. The summed E-state index contributed by atoms with van der Waals surface area (Å²) < 4.78 is 26.4. The Hall–Kier alpha value is -1.81. The van der Waals surface area contributed by atoms with Crippen molar-refractivity contribution in [2.75, 3.05) is 7.05 Å². The van der Waals surface area contributed by atoms with Gasteiger partial charge >= 0.3 is 0 Å². The van der Waals surface area contributed by atoms with Gasteiger partial charge < -0.3 is 5.32 Å². The fourth-order valence-corrected chi connectivity index (χ4v) is 1.89. The standard InChI is InChI=1S/C14H14F2N2/c1-17-14(9-13-4-2-3-5-18-13)10-6-11(15)8-12(16)7-10/h2-8,14,17H,9H2,1H3. The number of rotatable bonds is 4. The van der Waals surface area contributed by atoms with Gasteiger partial charge in [-0.2, -0.15) is 0 Å². The molecule has 1 aromatic heterocycles.